The maximum atomic E-state index is 6.20. The number of fused-ring (bicyclic) bond motifs is 6. The molecule has 9 rings (SSSR count). The third-order valence-corrected chi connectivity index (χ3v) is 8.61. The van der Waals surface area contributed by atoms with Gasteiger partial charge in [0.15, 0.2) is 0 Å². The molecule has 0 aliphatic heterocycles. The molecule has 3 heteroatoms. The van der Waals surface area contributed by atoms with Gasteiger partial charge in [0.2, 0.25) is 0 Å². The SMILES string of the molecule is c1ccc(-c2cccc(-c3ccccc3)c2-n2c(-c3ccc4oc5ccccc5c4c3)nc3c4ccccc4ccc32)cc1. The van der Waals surface area contributed by atoms with E-state index in [-0.39, 0.29) is 0 Å². The van der Waals surface area contributed by atoms with E-state index in [0.717, 1.165) is 77.7 Å². The molecule has 7 aromatic carbocycles. The zero-order chi connectivity index (χ0) is 29.0. The molecule has 3 nitrogen and oxygen atoms in total. The summed E-state index contributed by atoms with van der Waals surface area (Å²) < 4.78 is 8.57. The molecule has 0 atom stereocenters. The molecule has 0 unspecified atom stereocenters. The third-order valence-electron chi connectivity index (χ3n) is 8.61. The van der Waals surface area contributed by atoms with Gasteiger partial charge in [-0.3, -0.25) is 4.57 Å². The number of aromatic nitrogens is 2. The summed E-state index contributed by atoms with van der Waals surface area (Å²) in [5.41, 5.74) is 10.6. The van der Waals surface area contributed by atoms with E-state index in [9.17, 15) is 0 Å². The zero-order valence-corrected chi connectivity index (χ0v) is 23.8. The standard InChI is InChI=1S/C41H26N2O/c1-3-12-27(13-4-1)32-19-11-20-33(28-14-5-2-6-15-28)40(32)43-36-24-22-29-16-7-8-17-31(29)39(36)42-41(43)30-23-25-38-35(26-30)34-18-9-10-21-37(34)44-38/h1-26H. The summed E-state index contributed by atoms with van der Waals surface area (Å²) in [7, 11) is 0. The molecule has 0 amide bonds. The number of benzene rings is 7. The number of imidazole rings is 1. The Morgan fingerprint density at radius 1 is 0.455 bits per heavy atom. The Morgan fingerprint density at radius 3 is 1.84 bits per heavy atom. The van der Waals surface area contributed by atoms with Crippen LogP contribution in [-0.2, 0) is 0 Å². The summed E-state index contributed by atoms with van der Waals surface area (Å²) in [5, 5.41) is 4.50. The van der Waals surface area contributed by atoms with Crippen molar-refractivity contribution in [2.45, 2.75) is 0 Å². The fourth-order valence-corrected chi connectivity index (χ4v) is 6.58. The number of hydrogen-bond acceptors (Lipinski definition) is 2. The number of hydrogen-bond donors (Lipinski definition) is 0. The Kier molecular flexibility index (Phi) is 5.50. The Labute approximate surface area is 254 Å². The minimum Gasteiger partial charge on any atom is -0.456 e. The van der Waals surface area contributed by atoms with Gasteiger partial charge in [-0.1, -0.05) is 127 Å². The van der Waals surface area contributed by atoms with Gasteiger partial charge in [-0.15, -0.1) is 0 Å². The predicted molar refractivity (Wildman–Crippen MR) is 182 cm³/mol. The normalized spacial score (nSPS) is 11.6. The number of rotatable bonds is 4. The van der Waals surface area contributed by atoms with Crippen LogP contribution in [0.15, 0.2) is 162 Å². The van der Waals surface area contributed by atoms with Gasteiger partial charge in [0.05, 0.1) is 16.7 Å². The van der Waals surface area contributed by atoms with Crippen molar-refractivity contribution in [1.82, 2.24) is 9.55 Å². The molecule has 0 aliphatic rings. The van der Waals surface area contributed by atoms with Crippen molar-refractivity contribution in [3.63, 3.8) is 0 Å². The van der Waals surface area contributed by atoms with Gasteiger partial charge < -0.3 is 4.42 Å². The molecular weight excluding hydrogens is 536 g/mol. The van der Waals surface area contributed by atoms with Crippen LogP contribution in [-0.4, -0.2) is 9.55 Å². The van der Waals surface area contributed by atoms with Gasteiger partial charge in [0.1, 0.15) is 17.0 Å². The van der Waals surface area contributed by atoms with Crippen molar-refractivity contribution in [2.75, 3.05) is 0 Å². The van der Waals surface area contributed by atoms with Gasteiger partial charge in [0.25, 0.3) is 0 Å². The molecule has 2 aromatic heterocycles. The van der Waals surface area contributed by atoms with E-state index in [2.05, 4.69) is 150 Å². The van der Waals surface area contributed by atoms with Crippen LogP contribution in [0.25, 0.3) is 83.1 Å². The maximum Gasteiger partial charge on any atom is 0.145 e. The van der Waals surface area contributed by atoms with Crippen LogP contribution < -0.4 is 0 Å². The first-order chi connectivity index (χ1) is 21.8. The van der Waals surface area contributed by atoms with Crippen LogP contribution in [0.4, 0.5) is 0 Å². The summed E-state index contributed by atoms with van der Waals surface area (Å²) in [4.78, 5) is 5.46. The first kappa shape index (κ1) is 24.6. The first-order valence-electron chi connectivity index (χ1n) is 14.9. The fourth-order valence-electron chi connectivity index (χ4n) is 6.58. The lowest BCUT2D eigenvalue weighted by Crippen LogP contribution is -2.03. The Morgan fingerprint density at radius 2 is 1.09 bits per heavy atom. The Balaban J connectivity index is 1.44. The highest BCUT2D eigenvalue weighted by molar-refractivity contribution is 6.09. The van der Waals surface area contributed by atoms with Gasteiger partial charge in [-0.05, 0) is 46.8 Å². The monoisotopic (exact) mass is 562 g/mol. The lowest BCUT2D eigenvalue weighted by molar-refractivity contribution is 0.669. The second kappa shape index (κ2) is 9.82. The maximum absolute atomic E-state index is 6.20. The van der Waals surface area contributed by atoms with Crippen molar-refractivity contribution >= 4 is 43.7 Å². The van der Waals surface area contributed by atoms with Crippen molar-refractivity contribution in [3.05, 3.63) is 158 Å². The van der Waals surface area contributed by atoms with E-state index in [1.165, 1.54) is 5.39 Å². The smallest absolute Gasteiger partial charge is 0.145 e. The van der Waals surface area contributed by atoms with Crippen LogP contribution in [0.5, 0.6) is 0 Å². The van der Waals surface area contributed by atoms with Crippen molar-refractivity contribution in [2.24, 2.45) is 0 Å². The molecule has 0 bridgehead atoms. The lowest BCUT2D eigenvalue weighted by atomic mass is 9.95. The van der Waals surface area contributed by atoms with Crippen molar-refractivity contribution in [3.8, 4) is 39.3 Å². The number of para-hydroxylation sites is 2. The molecule has 0 spiro atoms. The average molecular weight is 563 g/mol. The first-order valence-corrected chi connectivity index (χ1v) is 14.9. The van der Waals surface area contributed by atoms with E-state index < -0.39 is 0 Å². The summed E-state index contributed by atoms with van der Waals surface area (Å²) in [6.07, 6.45) is 0. The van der Waals surface area contributed by atoms with Crippen molar-refractivity contribution < 1.29 is 4.42 Å². The minimum atomic E-state index is 0.873. The predicted octanol–water partition coefficient (Wildman–Crippen LogP) is 11.1. The Hall–Kier alpha value is -5.93. The second-order valence-corrected chi connectivity index (χ2v) is 11.2. The van der Waals surface area contributed by atoms with Crippen molar-refractivity contribution in [1.29, 1.82) is 0 Å². The minimum absolute atomic E-state index is 0.873. The quantitative estimate of drug-likeness (QED) is 0.214. The molecule has 2 heterocycles. The molecule has 0 radical (unpaired) electrons. The third kappa shape index (κ3) is 3.80. The largest absolute Gasteiger partial charge is 0.456 e. The van der Waals surface area contributed by atoms with E-state index >= 15 is 0 Å². The molecule has 0 saturated heterocycles. The molecule has 0 fully saturated rings. The molecule has 44 heavy (non-hydrogen) atoms. The average Bonchev–Trinajstić information content (AvgIpc) is 3.67. The zero-order valence-electron chi connectivity index (χ0n) is 23.8. The van der Waals surface area contributed by atoms with Gasteiger partial charge in [-0.25, -0.2) is 4.98 Å². The molecule has 0 saturated carbocycles. The topological polar surface area (TPSA) is 31.0 Å². The highest BCUT2D eigenvalue weighted by atomic mass is 16.3. The van der Waals surface area contributed by atoms with E-state index in [4.69, 9.17) is 9.40 Å². The summed E-state index contributed by atoms with van der Waals surface area (Å²) in [6, 6.07) is 55.5. The highest BCUT2D eigenvalue weighted by Crippen LogP contribution is 2.42. The molecular formula is C41H26N2O. The molecule has 206 valence electrons. The summed E-state index contributed by atoms with van der Waals surface area (Å²) >= 11 is 0. The number of furan rings is 1. The van der Waals surface area contributed by atoms with Gasteiger partial charge in [0, 0.05) is 32.8 Å². The Bertz CT molecular complexity index is 2430. The van der Waals surface area contributed by atoms with Crippen LogP contribution in [0, 0.1) is 0 Å². The van der Waals surface area contributed by atoms with Gasteiger partial charge >= 0.3 is 0 Å². The van der Waals surface area contributed by atoms with Crippen LogP contribution >= 0.6 is 0 Å². The van der Waals surface area contributed by atoms with E-state index in [1.54, 1.807) is 0 Å². The summed E-state index contributed by atoms with van der Waals surface area (Å²) in [5.74, 6) is 0.893. The van der Waals surface area contributed by atoms with Crippen LogP contribution in [0.2, 0.25) is 0 Å². The van der Waals surface area contributed by atoms with Gasteiger partial charge in [-0.2, -0.15) is 0 Å². The lowest BCUT2D eigenvalue weighted by Gasteiger charge is -2.20. The molecule has 0 N–H and O–H groups in total. The van der Waals surface area contributed by atoms with E-state index in [1.807, 2.05) is 12.1 Å². The van der Waals surface area contributed by atoms with E-state index in [0.29, 0.717) is 0 Å². The molecule has 0 aliphatic carbocycles. The highest BCUT2D eigenvalue weighted by Gasteiger charge is 2.23. The fraction of sp³-hybridized carbons (Fsp3) is 0. The summed E-state index contributed by atoms with van der Waals surface area (Å²) in [6.45, 7) is 0. The molecule has 9 aromatic rings. The second-order valence-electron chi connectivity index (χ2n) is 11.2. The van der Waals surface area contributed by atoms with Crippen LogP contribution in [0.1, 0.15) is 0 Å². The number of nitrogens with zero attached hydrogens (tertiary/aromatic N) is 2. The van der Waals surface area contributed by atoms with Crippen LogP contribution in [0.3, 0.4) is 0 Å².